The Morgan fingerprint density at radius 2 is 1.86 bits per heavy atom. The summed E-state index contributed by atoms with van der Waals surface area (Å²) < 4.78 is 17.0. The molecule has 2 aliphatic heterocycles. The molecule has 3 aliphatic rings. The Morgan fingerprint density at radius 3 is 2.64 bits per heavy atom. The minimum absolute atomic E-state index is 0.0107. The van der Waals surface area contributed by atoms with Gasteiger partial charge >= 0.3 is 5.97 Å². The maximum Gasteiger partial charge on any atom is 0.337 e. The number of hydrogen-bond acceptors (Lipinski definition) is 6. The van der Waals surface area contributed by atoms with E-state index in [0.717, 1.165) is 62.2 Å². The Bertz CT molecular complexity index is 1420. The molecule has 0 aromatic heterocycles. The van der Waals surface area contributed by atoms with Crippen LogP contribution in [0.4, 0.5) is 0 Å². The average Bonchev–Trinajstić information content (AvgIpc) is 3.19. The van der Waals surface area contributed by atoms with Crippen LogP contribution in [0.3, 0.4) is 0 Å². The molecule has 2 aromatic carbocycles. The lowest BCUT2D eigenvalue weighted by Crippen LogP contribution is -2.41. The van der Waals surface area contributed by atoms with Crippen molar-refractivity contribution >= 4 is 11.9 Å². The van der Waals surface area contributed by atoms with Crippen molar-refractivity contribution in [2.24, 2.45) is 11.8 Å². The lowest BCUT2D eigenvalue weighted by Gasteiger charge is -2.36. The predicted octanol–water partition coefficient (Wildman–Crippen LogP) is 6.39. The van der Waals surface area contributed by atoms with E-state index in [1.807, 2.05) is 43.3 Å². The van der Waals surface area contributed by atoms with Crippen LogP contribution in [0.25, 0.3) is 0 Å². The van der Waals surface area contributed by atoms with Crippen LogP contribution < -0.4 is 10.1 Å². The summed E-state index contributed by atoms with van der Waals surface area (Å²) in [6.45, 7) is 6.75. The number of nitrogens with zero attached hydrogens (tertiary/aromatic N) is 1. The van der Waals surface area contributed by atoms with Gasteiger partial charge < -0.3 is 19.5 Å². The fraction of sp³-hybridized carbons (Fsp3) is 0.405. The Kier molecular flexibility index (Phi) is 10.7. The van der Waals surface area contributed by atoms with Gasteiger partial charge in [-0.25, -0.2) is 4.79 Å². The van der Waals surface area contributed by atoms with E-state index < -0.39 is 6.10 Å². The van der Waals surface area contributed by atoms with Crippen molar-refractivity contribution < 1.29 is 23.8 Å². The van der Waals surface area contributed by atoms with Gasteiger partial charge in [-0.2, -0.15) is 0 Å². The fourth-order valence-electron chi connectivity index (χ4n) is 6.05. The number of rotatable bonds is 10. The van der Waals surface area contributed by atoms with Crippen molar-refractivity contribution in [3.63, 3.8) is 0 Å². The standard InChI is InChI=1S/C37H44N2O5/c1-26-27(2)35(44-34(26)17-7-12-28-10-5-4-6-11-28)36(40)38-31-14-9-15-32(19-18-31)39-22-20-29(21-23-39)25-43-33-16-8-13-30(24-33)37(41)42-3/h4-8,10-11,13-14,16-19,24,27,29,32,35H,9,12,15,20-23,25H2,1-3H3,(H,38,40). The van der Waals surface area contributed by atoms with Gasteiger partial charge in [0, 0.05) is 17.7 Å². The first kappa shape index (κ1) is 31.3. The molecule has 0 spiro atoms. The first-order chi connectivity index (χ1) is 21.4. The normalized spacial score (nSPS) is 22.8. The lowest BCUT2D eigenvalue weighted by atomic mass is 9.95. The van der Waals surface area contributed by atoms with Crippen LogP contribution in [0, 0.1) is 11.8 Å². The molecule has 1 saturated heterocycles. The fourth-order valence-corrected chi connectivity index (χ4v) is 6.05. The second-order valence-electron chi connectivity index (χ2n) is 11.9. The van der Waals surface area contributed by atoms with Gasteiger partial charge in [-0.05, 0) is 99.5 Å². The number of carbonyl (C=O) groups excluding carboxylic acids is 2. The van der Waals surface area contributed by atoms with Crippen molar-refractivity contribution in [1.29, 1.82) is 0 Å². The molecule has 1 aliphatic carbocycles. The molecule has 3 atom stereocenters. The molecule has 7 heteroatoms. The summed E-state index contributed by atoms with van der Waals surface area (Å²) in [4.78, 5) is 27.6. The van der Waals surface area contributed by atoms with Gasteiger partial charge in [0.15, 0.2) is 6.10 Å². The van der Waals surface area contributed by atoms with E-state index in [0.29, 0.717) is 29.9 Å². The van der Waals surface area contributed by atoms with Gasteiger partial charge in [-0.15, -0.1) is 0 Å². The molecular weight excluding hydrogens is 552 g/mol. The van der Waals surface area contributed by atoms with E-state index in [4.69, 9.17) is 14.2 Å². The zero-order valence-corrected chi connectivity index (χ0v) is 26.0. The molecule has 3 unspecified atom stereocenters. The van der Waals surface area contributed by atoms with Crippen LogP contribution in [-0.4, -0.2) is 55.7 Å². The van der Waals surface area contributed by atoms with Crippen molar-refractivity contribution in [3.8, 4) is 5.75 Å². The van der Waals surface area contributed by atoms with Crippen molar-refractivity contribution in [1.82, 2.24) is 10.2 Å². The third-order valence-electron chi connectivity index (χ3n) is 8.95. The Hall–Kier alpha value is -4.10. The summed E-state index contributed by atoms with van der Waals surface area (Å²) >= 11 is 0. The quantitative estimate of drug-likeness (QED) is 0.321. The first-order valence-corrected chi connectivity index (χ1v) is 15.7. The number of allylic oxidation sites excluding steroid dienone is 4. The Balaban J connectivity index is 1.06. The molecule has 1 fully saturated rings. The number of ether oxygens (including phenoxy) is 3. The average molecular weight is 597 g/mol. The third-order valence-corrected chi connectivity index (χ3v) is 8.95. The molecule has 0 bridgehead atoms. The van der Waals surface area contributed by atoms with Gasteiger partial charge in [0.25, 0.3) is 5.91 Å². The highest BCUT2D eigenvalue weighted by Gasteiger charge is 2.36. The monoisotopic (exact) mass is 596 g/mol. The Morgan fingerprint density at radius 1 is 1.07 bits per heavy atom. The summed E-state index contributed by atoms with van der Waals surface area (Å²) in [6.07, 6.45) is 14.8. The molecule has 0 radical (unpaired) electrons. The number of amides is 1. The van der Waals surface area contributed by atoms with Crippen LogP contribution in [-0.2, 0) is 20.7 Å². The number of hydrogen-bond donors (Lipinski definition) is 1. The summed E-state index contributed by atoms with van der Waals surface area (Å²) in [7, 11) is 1.38. The maximum atomic E-state index is 13.3. The maximum absolute atomic E-state index is 13.3. The largest absolute Gasteiger partial charge is 0.493 e. The van der Waals surface area contributed by atoms with E-state index in [9.17, 15) is 9.59 Å². The molecule has 2 aromatic rings. The molecule has 2 heterocycles. The number of esters is 1. The number of piperidine rings is 1. The van der Waals surface area contributed by atoms with Crippen LogP contribution in [0.15, 0.2) is 102 Å². The van der Waals surface area contributed by atoms with Gasteiger partial charge in [0.2, 0.25) is 0 Å². The second-order valence-corrected chi connectivity index (χ2v) is 11.9. The molecule has 0 saturated carbocycles. The van der Waals surface area contributed by atoms with Crippen LogP contribution >= 0.6 is 0 Å². The lowest BCUT2D eigenvalue weighted by molar-refractivity contribution is -0.129. The highest BCUT2D eigenvalue weighted by atomic mass is 16.5. The van der Waals surface area contributed by atoms with Crippen LogP contribution in [0.2, 0.25) is 0 Å². The summed E-state index contributed by atoms with van der Waals surface area (Å²) in [5.74, 6) is 1.51. The van der Waals surface area contributed by atoms with Crippen LogP contribution in [0.5, 0.6) is 5.75 Å². The zero-order chi connectivity index (χ0) is 30.9. The van der Waals surface area contributed by atoms with E-state index in [1.165, 1.54) is 12.7 Å². The molecule has 1 N–H and O–H groups in total. The van der Waals surface area contributed by atoms with Gasteiger partial charge in [-0.1, -0.05) is 61.5 Å². The van der Waals surface area contributed by atoms with E-state index in [2.05, 4.69) is 53.6 Å². The predicted molar refractivity (Wildman–Crippen MR) is 172 cm³/mol. The topological polar surface area (TPSA) is 77.1 Å². The molecule has 1 amide bonds. The minimum atomic E-state index is -0.538. The highest BCUT2D eigenvalue weighted by molar-refractivity contribution is 5.89. The number of nitrogens with one attached hydrogen (secondary N) is 1. The number of carbonyl (C=O) groups is 2. The first-order valence-electron chi connectivity index (χ1n) is 15.7. The van der Waals surface area contributed by atoms with E-state index in [-0.39, 0.29) is 17.8 Å². The zero-order valence-electron chi connectivity index (χ0n) is 26.0. The molecule has 232 valence electrons. The molecule has 5 rings (SSSR count). The van der Waals surface area contributed by atoms with Crippen LogP contribution in [0.1, 0.15) is 55.5 Å². The summed E-state index contributed by atoms with van der Waals surface area (Å²) in [5, 5.41) is 3.13. The number of methoxy groups -OCH3 is 1. The highest BCUT2D eigenvalue weighted by Crippen LogP contribution is 2.32. The summed E-state index contributed by atoms with van der Waals surface area (Å²) in [6, 6.07) is 17.8. The smallest absolute Gasteiger partial charge is 0.337 e. The minimum Gasteiger partial charge on any atom is -0.493 e. The van der Waals surface area contributed by atoms with Crippen molar-refractivity contribution in [2.75, 3.05) is 26.8 Å². The molecule has 44 heavy (non-hydrogen) atoms. The van der Waals surface area contributed by atoms with E-state index >= 15 is 0 Å². The van der Waals surface area contributed by atoms with E-state index in [1.54, 1.807) is 12.1 Å². The summed E-state index contributed by atoms with van der Waals surface area (Å²) in [5.41, 5.74) is 3.68. The second kappa shape index (κ2) is 15.1. The van der Waals surface area contributed by atoms with Gasteiger partial charge in [0.05, 0.1) is 19.3 Å². The van der Waals surface area contributed by atoms with Crippen molar-refractivity contribution in [3.05, 3.63) is 113 Å². The van der Waals surface area contributed by atoms with Gasteiger partial charge in [-0.3, -0.25) is 9.69 Å². The molecule has 7 nitrogen and oxygen atoms in total. The number of likely N-dealkylation sites (tertiary alicyclic amines) is 1. The van der Waals surface area contributed by atoms with Crippen molar-refractivity contribution in [2.45, 2.75) is 58.1 Å². The molecular formula is C37H44N2O5. The van der Waals surface area contributed by atoms with Gasteiger partial charge in [0.1, 0.15) is 11.5 Å². The third kappa shape index (κ3) is 8.08. The number of benzene rings is 2. The Labute approximate surface area is 261 Å². The SMILES string of the molecule is COC(=O)c1cccc(OCC2CCN(C3C=CC(NC(=O)C4OC(C=CCc5ccccc5)=C(C)C4C)=CCC3)CC2)c1.